The molecule has 36 heavy (non-hydrogen) atoms. The van der Waals surface area contributed by atoms with Gasteiger partial charge in [-0.2, -0.15) is 0 Å². The Labute approximate surface area is 217 Å². The summed E-state index contributed by atoms with van der Waals surface area (Å²) in [6.45, 7) is 3.71. The summed E-state index contributed by atoms with van der Waals surface area (Å²) in [6, 6.07) is 14.2. The fraction of sp³-hybridized carbons (Fsp3) is 0.308. The minimum Gasteiger partial charge on any atom is -0.419 e. The number of aromatic nitrogens is 3. The third kappa shape index (κ3) is 4.91. The molecule has 0 saturated carbocycles. The molecule has 10 heteroatoms. The molecular formula is C26H25ClFN5O2S. The molecule has 7 nitrogen and oxygen atoms in total. The molecule has 0 spiro atoms. The Morgan fingerprint density at radius 1 is 1.28 bits per heavy atom. The van der Waals surface area contributed by atoms with Crippen LogP contribution in [-0.2, 0) is 12.0 Å². The highest BCUT2D eigenvalue weighted by atomic mass is 35.5. The number of halogens is 2. The molecule has 0 bridgehead atoms. The van der Waals surface area contributed by atoms with Gasteiger partial charge < -0.3 is 15.1 Å². The minimum atomic E-state index is -1.11. The molecule has 0 radical (unpaired) electrons. The smallest absolute Gasteiger partial charge is 0.254 e. The lowest BCUT2D eigenvalue weighted by Crippen LogP contribution is -2.35. The first-order valence-electron chi connectivity index (χ1n) is 11.5. The number of hydrogen-bond acceptors (Lipinski definition) is 7. The number of alkyl halides is 1. The maximum atomic E-state index is 14.4. The third-order valence-electron chi connectivity index (χ3n) is 6.20. The van der Waals surface area contributed by atoms with Crippen molar-refractivity contribution < 1.29 is 13.6 Å². The van der Waals surface area contributed by atoms with Crippen LogP contribution in [0.15, 0.2) is 58.3 Å². The molecule has 1 amide bonds. The van der Waals surface area contributed by atoms with Crippen molar-refractivity contribution in [3.05, 3.63) is 86.7 Å². The molecule has 2 N–H and O–H groups in total. The first-order chi connectivity index (χ1) is 17.2. The van der Waals surface area contributed by atoms with Gasteiger partial charge in [-0.15, -0.1) is 21.5 Å². The zero-order valence-electron chi connectivity index (χ0n) is 19.8. The fourth-order valence-corrected chi connectivity index (χ4v) is 5.53. The first-order valence-corrected chi connectivity index (χ1v) is 12.8. The summed E-state index contributed by atoms with van der Waals surface area (Å²) < 4.78 is 20.3. The number of amides is 1. The fourth-order valence-electron chi connectivity index (χ4n) is 4.41. The van der Waals surface area contributed by atoms with Crippen molar-refractivity contribution in [3.63, 3.8) is 0 Å². The molecule has 2 aromatic heterocycles. The number of carbonyl (C=O) groups excluding carboxylic acids is 1. The van der Waals surface area contributed by atoms with Crippen LogP contribution in [0, 0.1) is 6.92 Å². The number of aryl methyl sites for hydroxylation is 1. The number of benzene rings is 2. The number of rotatable bonds is 6. The van der Waals surface area contributed by atoms with Crippen LogP contribution in [-0.4, -0.2) is 38.7 Å². The maximum Gasteiger partial charge on any atom is 0.254 e. The van der Waals surface area contributed by atoms with E-state index in [1.165, 1.54) is 16.2 Å². The van der Waals surface area contributed by atoms with E-state index in [0.717, 1.165) is 16.3 Å². The second-order valence-corrected chi connectivity index (χ2v) is 10.6. The highest BCUT2D eigenvalue weighted by molar-refractivity contribution is 7.09. The van der Waals surface area contributed by atoms with Gasteiger partial charge in [-0.25, -0.2) is 9.37 Å². The van der Waals surface area contributed by atoms with Crippen LogP contribution in [0.25, 0.3) is 11.5 Å². The van der Waals surface area contributed by atoms with E-state index >= 15 is 0 Å². The lowest BCUT2D eigenvalue weighted by molar-refractivity contribution is 0.0728. The van der Waals surface area contributed by atoms with Gasteiger partial charge in [0.05, 0.1) is 28.7 Å². The predicted molar refractivity (Wildman–Crippen MR) is 137 cm³/mol. The van der Waals surface area contributed by atoms with E-state index in [1.807, 2.05) is 49.6 Å². The van der Waals surface area contributed by atoms with E-state index in [9.17, 15) is 9.18 Å². The van der Waals surface area contributed by atoms with Crippen molar-refractivity contribution in [2.45, 2.75) is 44.4 Å². The van der Waals surface area contributed by atoms with Crippen LogP contribution in [0.4, 0.5) is 4.39 Å². The van der Waals surface area contributed by atoms with Crippen LogP contribution in [0.1, 0.15) is 51.9 Å². The molecular weight excluding hydrogens is 501 g/mol. The third-order valence-corrected chi connectivity index (χ3v) is 7.60. The van der Waals surface area contributed by atoms with Gasteiger partial charge >= 0.3 is 0 Å². The van der Waals surface area contributed by atoms with Crippen molar-refractivity contribution >= 4 is 28.8 Å². The summed E-state index contributed by atoms with van der Waals surface area (Å²) in [6.07, 6.45) is -0.387. The zero-order valence-corrected chi connectivity index (χ0v) is 21.4. The van der Waals surface area contributed by atoms with E-state index in [1.54, 1.807) is 18.2 Å². The average Bonchev–Trinajstić information content (AvgIpc) is 3.59. The molecule has 0 aliphatic carbocycles. The summed E-state index contributed by atoms with van der Waals surface area (Å²) in [4.78, 5) is 19.5. The molecule has 186 valence electrons. The Balaban J connectivity index is 1.41. The quantitative estimate of drug-likeness (QED) is 0.357. The summed E-state index contributed by atoms with van der Waals surface area (Å²) >= 11 is 7.88. The number of thiazole rings is 1. The number of likely N-dealkylation sites (tertiary alicyclic amines) is 1. The number of carbonyl (C=O) groups is 1. The predicted octanol–water partition coefficient (Wildman–Crippen LogP) is 5.50. The van der Waals surface area contributed by atoms with Gasteiger partial charge in [0, 0.05) is 23.1 Å². The van der Waals surface area contributed by atoms with E-state index in [4.69, 9.17) is 21.8 Å². The lowest BCUT2D eigenvalue weighted by Gasteiger charge is -2.23. The molecule has 5 rings (SSSR count). The van der Waals surface area contributed by atoms with Crippen LogP contribution < -0.4 is 5.73 Å². The van der Waals surface area contributed by atoms with Crippen LogP contribution in [0.2, 0.25) is 5.02 Å². The van der Waals surface area contributed by atoms with E-state index < -0.39 is 17.8 Å². The Morgan fingerprint density at radius 2 is 2.06 bits per heavy atom. The first kappa shape index (κ1) is 24.5. The number of hydrogen-bond donors (Lipinski definition) is 1. The largest absolute Gasteiger partial charge is 0.419 e. The van der Waals surface area contributed by atoms with Gasteiger partial charge in [-0.3, -0.25) is 4.79 Å². The van der Waals surface area contributed by atoms with Gasteiger partial charge in [0.25, 0.3) is 5.91 Å². The summed E-state index contributed by atoms with van der Waals surface area (Å²) in [5.41, 5.74) is 8.26. The van der Waals surface area contributed by atoms with Gasteiger partial charge in [0.1, 0.15) is 11.2 Å². The Hall–Kier alpha value is -3.14. The van der Waals surface area contributed by atoms with E-state index in [0.29, 0.717) is 22.6 Å². The molecule has 1 fully saturated rings. The maximum absolute atomic E-state index is 14.4. The molecule has 3 unspecified atom stereocenters. The molecule has 4 aromatic rings. The second kappa shape index (κ2) is 9.72. The molecule has 1 aliphatic heterocycles. The SMILES string of the molecule is Cc1csc(C2CC(F)CN2C(=O)c2ccc(Cl)c(-c3nnc(C(C)(N)Cc4ccccc4)o3)c2)n1. The summed E-state index contributed by atoms with van der Waals surface area (Å²) in [5.74, 6) is 0.109. The van der Waals surface area contributed by atoms with Crippen LogP contribution >= 0.6 is 22.9 Å². The Morgan fingerprint density at radius 3 is 2.78 bits per heavy atom. The molecule has 2 aromatic carbocycles. The van der Waals surface area contributed by atoms with E-state index in [2.05, 4.69) is 15.2 Å². The molecule has 3 heterocycles. The van der Waals surface area contributed by atoms with Crippen molar-refractivity contribution in [3.8, 4) is 11.5 Å². The molecule has 3 atom stereocenters. The summed E-state index contributed by atoms with van der Waals surface area (Å²) in [5, 5.41) is 11.3. The zero-order chi connectivity index (χ0) is 25.4. The monoisotopic (exact) mass is 525 g/mol. The topological polar surface area (TPSA) is 98.1 Å². The average molecular weight is 526 g/mol. The Kier molecular flexibility index (Phi) is 6.63. The lowest BCUT2D eigenvalue weighted by atomic mass is 9.94. The second-order valence-electron chi connectivity index (χ2n) is 9.32. The van der Waals surface area contributed by atoms with Gasteiger partial charge in [-0.05, 0) is 44.0 Å². The Bertz CT molecular complexity index is 1390. The van der Waals surface area contributed by atoms with Crippen LogP contribution in [0.5, 0.6) is 0 Å². The van der Waals surface area contributed by atoms with Crippen molar-refractivity contribution in [1.29, 1.82) is 0 Å². The standard InChI is InChI=1S/C26H25ClFN5O2S/c1-15-14-36-23(30-15)21-11-18(28)13-33(21)24(34)17-8-9-20(27)19(10-17)22-31-32-25(35-22)26(2,29)12-16-6-4-3-5-7-16/h3-10,14,18,21H,11-13,29H2,1-2H3. The highest BCUT2D eigenvalue weighted by Gasteiger charge is 2.38. The minimum absolute atomic E-state index is 0.00973. The van der Waals surface area contributed by atoms with E-state index in [-0.39, 0.29) is 30.7 Å². The van der Waals surface area contributed by atoms with Gasteiger partial charge in [-0.1, -0.05) is 41.9 Å². The number of nitrogens with two attached hydrogens (primary N) is 1. The van der Waals surface area contributed by atoms with Crippen molar-refractivity contribution in [1.82, 2.24) is 20.1 Å². The van der Waals surface area contributed by atoms with Crippen molar-refractivity contribution in [2.24, 2.45) is 5.73 Å². The molecule has 1 saturated heterocycles. The highest BCUT2D eigenvalue weighted by Crippen LogP contribution is 2.37. The van der Waals surface area contributed by atoms with Gasteiger partial charge in [0.15, 0.2) is 0 Å². The molecule has 1 aliphatic rings. The summed E-state index contributed by atoms with van der Waals surface area (Å²) in [7, 11) is 0. The normalized spacial score (nSPS) is 19.4. The van der Waals surface area contributed by atoms with Gasteiger partial charge in [0.2, 0.25) is 11.8 Å². The van der Waals surface area contributed by atoms with Crippen molar-refractivity contribution in [2.75, 3.05) is 6.54 Å². The van der Waals surface area contributed by atoms with Crippen LogP contribution in [0.3, 0.4) is 0 Å². The number of nitrogens with zero attached hydrogens (tertiary/aromatic N) is 4.